The van der Waals surface area contributed by atoms with Gasteiger partial charge >= 0.3 is 0 Å². The van der Waals surface area contributed by atoms with Gasteiger partial charge in [-0.05, 0) is 176 Å². The maximum absolute atomic E-state index is 6.88. The molecule has 0 aliphatic heterocycles. The van der Waals surface area contributed by atoms with E-state index in [0.29, 0.717) is 23.7 Å². The fourth-order valence-corrected chi connectivity index (χ4v) is 10.3. The molecule has 0 N–H and O–H groups in total. The maximum atomic E-state index is 6.88. The lowest BCUT2D eigenvalue weighted by Gasteiger charge is -2.29. The number of hydrogen-bond donors (Lipinski definition) is 0. The van der Waals surface area contributed by atoms with Gasteiger partial charge in [0.2, 0.25) is 0 Å². The molecule has 0 fully saturated rings. The van der Waals surface area contributed by atoms with Gasteiger partial charge in [-0.2, -0.15) is 0 Å². The third-order valence-electron chi connectivity index (χ3n) is 14.5. The molecule has 350 valence electrons. The minimum atomic E-state index is 0.403. The largest absolute Gasteiger partial charge is 0.456 e. The molecular formula is C68H62N2O. The van der Waals surface area contributed by atoms with E-state index in [2.05, 4.69) is 271 Å². The van der Waals surface area contributed by atoms with Crippen LogP contribution in [0.1, 0.15) is 101 Å². The molecule has 0 spiro atoms. The monoisotopic (exact) mass is 922 g/mol. The highest BCUT2D eigenvalue weighted by molar-refractivity contribution is 6.14. The summed E-state index contributed by atoms with van der Waals surface area (Å²) in [5.41, 5.74) is 18.6. The lowest BCUT2D eigenvalue weighted by Crippen LogP contribution is -2.12. The molecule has 0 saturated carbocycles. The van der Waals surface area contributed by atoms with Crippen LogP contribution in [0.5, 0.6) is 0 Å². The summed E-state index contributed by atoms with van der Waals surface area (Å²) in [5, 5.41) is 6.83. The second kappa shape index (κ2) is 18.8. The first-order valence-corrected chi connectivity index (χ1v) is 25.5. The van der Waals surface area contributed by atoms with Crippen molar-refractivity contribution >= 4 is 77.6 Å². The Kier molecular flexibility index (Phi) is 12.1. The van der Waals surface area contributed by atoms with Crippen molar-refractivity contribution in [2.75, 3.05) is 9.80 Å². The summed E-state index contributed by atoms with van der Waals surface area (Å²) in [4.78, 5) is 4.85. The predicted molar refractivity (Wildman–Crippen MR) is 305 cm³/mol. The van der Waals surface area contributed by atoms with Crippen LogP contribution in [0.4, 0.5) is 34.1 Å². The van der Waals surface area contributed by atoms with Crippen LogP contribution >= 0.6 is 0 Å². The Morgan fingerprint density at radius 1 is 0.296 bits per heavy atom. The number of rotatable bonds is 12. The lowest BCUT2D eigenvalue weighted by molar-refractivity contribution is 0.670. The van der Waals surface area contributed by atoms with Crippen LogP contribution in [0.3, 0.4) is 0 Å². The van der Waals surface area contributed by atoms with E-state index >= 15 is 0 Å². The highest BCUT2D eigenvalue weighted by atomic mass is 16.3. The third kappa shape index (κ3) is 8.76. The first-order chi connectivity index (χ1) is 34.5. The van der Waals surface area contributed by atoms with Crippen LogP contribution in [0, 0.1) is 0 Å². The molecule has 0 unspecified atom stereocenters. The fourth-order valence-electron chi connectivity index (χ4n) is 10.3. The number of furan rings is 1. The van der Waals surface area contributed by atoms with Gasteiger partial charge in [-0.15, -0.1) is 0 Å². The second-order valence-corrected chi connectivity index (χ2v) is 20.6. The number of nitrogens with zero attached hydrogens (tertiary/aromatic N) is 2. The summed E-state index contributed by atoms with van der Waals surface area (Å²) in [6, 6.07) is 76.6. The van der Waals surface area contributed by atoms with Crippen molar-refractivity contribution in [1.82, 2.24) is 0 Å². The summed E-state index contributed by atoms with van der Waals surface area (Å²) in [5.74, 6) is 1.69. The third-order valence-corrected chi connectivity index (χ3v) is 14.5. The molecular weight excluding hydrogens is 861 g/mol. The molecule has 3 nitrogen and oxygen atoms in total. The van der Waals surface area contributed by atoms with E-state index in [0.717, 1.165) is 66.8 Å². The standard InChI is InChI=1S/C68H62N2O/c1-43(2)47-19-27-57(28-20-47)69(65-33-25-51(45(5)6)37-61(65)49-15-11-9-12-16-49)59-31-23-53-39-63-64-40-54-24-32-60(36-56(54)42-68(64)71-67(63)41-55(53)35-59)70(58-29-21-48(22-30-58)44(3)4)66-34-26-52(46(7)8)38-62(66)50-17-13-10-14-18-50/h9-46H,1-8H3. The Labute approximate surface area is 419 Å². The lowest BCUT2D eigenvalue weighted by atomic mass is 9.94. The zero-order valence-corrected chi connectivity index (χ0v) is 42.2. The highest BCUT2D eigenvalue weighted by Gasteiger charge is 2.22. The molecule has 0 radical (unpaired) electrons. The van der Waals surface area contributed by atoms with Crippen LogP contribution in [0.15, 0.2) is 211 Å². The van der Waals surface area contributed by atoms with E-state index in [9.17, 15) is 0 Å². The Morgan fingerprint density at radius 2 is 0.648 bits per heavy atom. The molecule has 0 atom stereocenters. The molecule has 0 aliphatic rings. The minimum absolute atomic E-state index is 0.403. The second-order valence-electron chi connectivity index (χ2n) is 20.6. The van der Waals surface area contributed by atoms with Crippen LogP contribution in [0.25, 0.3) is 65.7 Å². The molecule has 10 aromatic carbocycles. The van der Waals surface area contributed by atoms with Gasteiger partial charge < -0.3 is 14.2 Å². The van der Waals surface area contributed by atoms with Crippen molar-refractivity contribution in [1.29, 1.82) is 0 Å². The van der Waals surface area contributed by atoms with Crippen molar-refractivity contribution in [3.05, 3.63) is 229 Å². The maximum Gasteiger partial charge on any atom is 0.136 e. The van der Waals surface area contributed by atoms with E-state index in [4.69, 9.17) is 4.42 Å². The molecule has 3 heteroatoms. The summed E-state index contributed by atoms with van der Waals surface area (Å²) >= 11 is 0. The molecule has 11 aromatic rings. The van der Waals surface area contributed by atoms with Crippen LogP contribution in [-0.2, 0) is 0 Å². The highest BCUT2D eigenvalue weighted by Crippen LogP contribution is 2.46. The van der Waals surface area contributed by atoms with Crippen LogP contribution in [0.2, 0.25) is 0 Å². The van der Waals surface area contributed by atoms with E-state index in [1.165, 1.54) is 55.3 Å². The quantitative estimate of drug-likeness (QED) is 0.122. The molecule has 0 bridgehead atoms. The number of benzene rings is 10. The SMILES string of the molecule is CC(C)c1ccc(N(c2ccc3cc4c(cc3c2)oc2cc3cc(N(c5ccc(C(C)C)cc5)c5ccc(C(C)C)cc5-c5ccccc5)ccc3cc24)c2ccc(C(C)C)cc2-c2ccccc2)cc1. The summed E-state index contributed by atoms with van der Waals surface area (Å²) < 4.78 is 6.88. The van der Waals surface area contributed by atoms with E-state index < -0.39 is 0 Å². The molecule has 11 rings (SSSR count). The van der Waals surface area contributed by atoms with Crippen LogP contribution < -0.4 is 9.80 Å². The Morgan fingerprint density at radius 3 is 1.01 bits per heavy atom. The number of hydrogen-bond acceptors (Lipinski definition) is 3. The zero-order valence-electron chi connectivity index (χ0n) is 42.2. The van der Waals surface area contributed by atoms with Crippen LogP contribution in [-0.4, -0.2) is 0 Å². The smallest absolute Gasteiger partial charge is 0.136 e. The van der Waals surface area contributed by atoms with Gasteiger partial charge in [0.05, 0.1) is 11.4 Å². The zero-order chi connectivity index (χ0) is 48.9. The Balaban J connectivity index is 1.04. The van der Waals surface area contributed by atoms with Crippen molar-refractivity contribution in [2.45, 2.75) is 79.1 Å². The van der Waals surface area contributed by atoms with Gasteiger partial charge in [-0.3, -0.25) is 0 Å². The summed E-state index contributed by atoms with van der Waals surface area (Å²) in [7, 11) is 0. The minimum Gasteiger partial charge on any atom is -0.456 e. The summed E-state index contributed by atoms with van der Waals surface area (Å²) in [6.07, 6.45) is 0. The fraction of sp³-hybridized carbons (Fsp3) is 0.176. The predicted octanol–water partition coefficient (Wildman–Crippen LogP) is 20.7. The average molecular weight is 923 g/mol. The number of anilines is 6. The van der Waals surface area contributed by atoms with E-state index in [1.807, 2.05) is 0 Å². The van der Waals surface area contributed by atoms with E-state index in [1.54, 1.807) is 0 Å². The number of fused-ring (bicyclic) bond motifs is 5. The van der Waals surface area contributed by atoms with Gasteiger partial charge in [-0.1, -0.05) is 165 Å². The van der Waals surface area contributed by atoms with Gasteiger partial charge in [0.1, 0.15) is 11.2 Å². The molecule has 1 heterocycles. The van der Waals surface area contributed by atoms with Crippen molar-refractivity contribution in [2.24, 2.45) is 0 Å². The molecule has 71 heavy (non-hydrogen) atoms. The average Bonchev–Trinajstić information content (AvgIpc) is 3.73. The van der Waals surface area contributed by atoms with Crippen molar-refractivity contribution in [3.63, 3.8) is 0 Å². The van der Waals surface area contributed by atoms with Gasteiger partial charge in [0.25, 0.3) is 0 Å². The molecule has 0 aliphatic carbocycles. The van der Waals surface area contributed by atoms with Gasteiger partial charge in [-0.25, -0.2) is 0 Å². The van der Waals surface area contributed by atoms with Crippen molar-refractivity contribution < 1.29 is 4.42 Å². The molecule has 0 saturated heterocycles. The molecule has 0 amide bonds. The van der Waals surface area contributed by atoms with Crippen molar-refractivity contribution in [3.8, 4) is 22.3 Å². The molecule has 1 aromatic heterocycles. The van der Waals surface area contributed by atoms with Gasteiger partial charge in [0.15, 0.2) is 0 Å². The van der Waals surface area contributed by atoms with E-state index in [-0.39, 0.29) is 0 Å². The Bertz CT molecular complexity index is 3450. The summed E-state index contributed by atoms with van der Waals surface area (Å²) in [6.45, 7) is 18.1. The Hall–Kier alpha value is -7.88. The first-order valence-electron chi connectivity index (χ1n) is 25.5. The van der Waals surface area contributed by atoms with Gasteiger partial charge in [0, 0.05) is 44.6 Å². The first kappa shape index (κ1) is 45.6. The topological polar surface area (TPSA) is 19.6 Å². The normalized spacial score (nSPS) is 11.9.